The molecule has 0 N–H and O–H groups in total. The topological polar surface area (TPSA) is 29.5 Å². The number of ketones is 1. The van der Waals surface area contributed by atoms with Gasteiger partial charge in [0.1, 0.15) is 17.8 Å². The van der Waals surface area contributed by atoms with Gasteiger partial charge in [0.25, 0.3) is 0 Å². The molecule has 98 valence electrons. The summed E-state index contributed by atoms with van der Waals surface area (Å²) >= 11 is 0. The second-order valence-corrected chi connectivity index (χ2v) is 5.01. The molecule has 0 amide bonds. The van der Waals surface area contributed by atoms with Gasteiger partial charge >= 0.3 is 0 Å². The van der Waals surface area contributed by atoms with Crippen LogP contribution in [0.25, 0.3) is 0 Å². The van der Waals surface area contributed by atoms with Crippen LogP contribution in [-0.2, 0) is 4.79 Å². The van der Waals surface area contributed by atoms with E-state index in [0.29, 0.717) is 18.6 Å². The maximum absolute atomic E-state index is 11.2. The first kappa shape index (κ1) is 13.1. The normalized spacial score (nSPS) is 18.7. The summed E-state index contributed by atoms with van der Waals surface area (Å²) in [4.78, 5) is 13.5. The third-order valence-corrected chi connectivity index (χ3v) is 3.57. The van der Waals surface area contributed by atoms with Gasteiger partial charge in [-0.2, -0.15) is 0 Å². The van der Waals surface area contributed by atoms with Gasteiger partial charge in [-0.1, -0.05) is 18.2 Å². The van der Waals surface area contributed by atoms with E-state index in [9.17, 15) is 4.79 Å². The van der Waals surface area contributed by atoms with Gasteiger partial charge in [-0.05, 0) is 31.9 Å². The summed E-state index contributed by atoms with van der Waals surface area (Å²) in [6, 6.07) is 6.17. The molecule has 3 nitrogen and oxygen atoms in total. The maximum Gasteiger partial charge on any atom is 0.149 e. The molecule has 1 aliphatic heterocycles. The molecule has 0 bridgehead atoms. The molecule has 1 atom stereocenters. The van der Waals surface area contributed by atoms with Crippen molar-refractivity contribution >= 4 is 5.78 Å². The summed E-state index contributed by atoms with van der Waals surface area (Å²) in [6.07, 6.45) is 1.33. The van der Waals surface area contributed by atoms with Gasteiger partial charge in [0, 0.05) is 25.9 Å². The first-order valence-corrected chi connectivity index (χ1v) is 6.56. The number of carbonyl (C=O) groups is 1. The van der Waals surface area contributed by atoms with E-state index in [0.717, 1.165) is 30.0 Å². The van der Waals surface area contributed by atoms with Crippen molar-refractivity contribution in [2.45, 2.75) is 39.8 Å². The average Bonchev–Trinajstić information content (AvgIpc) is 2.34. The van der Waals surface area contributed by atoms with Crippen LogP contribution < -0.4 is 4.74 Å². The molecule has 1 saturated heterocycles. The second kappa shape index (κ2) is 5.53. The van der Waals surface area contributed by atoms with Gasteiger partial charge in [-0.25, -0.2) is 0 Å². The maximum atomic E-state index is 11.2. The van der Waals surface area contributed by atoms with E-state index in [2.05, 4.69) is 37.8 Å². The Morgan fingerprint density at radius 3 is 2.28 bits per heavy atom. The van der Waals surface area contributed by atoms with Crippen LogP contribution in [0.4, 0.5) is 0 Å². The molecule has 1 aromatic carbocycles. The van der Waals surface area contributed by atoms with Crippen LogP contribution in [0.5, 0.6) is 5.75 Å². The summed E-state index contributed by atoms with van der Waals surface area (Å²) in [5.41, 5.74) is 2.32. The van der Waals surface area contributed by atoms with Gasteiger partial charge in [0.15, 0.2) is 0 Å². The summed E-state index contributed by atoms with van der Waals surface area (Å²) < 4.78 is 6.07. The Labute approximate surface area is 109 Å². The Bertz CT molecular complexity index is 412. The number of carbonyl (C=O) groups excluding carboxylic acids is 1. The first-order valence-electron chi connectivity index (χ1n) is 6.56. The zero-order valence-corrected chi connectivity index (χ0v) is 11.4. The molecule has 0 spiro atoms. The van der Waals surface area contributed by atoms with Crippen LogP contribution in [0, 0.1) is 13.8 Å². The average molecular weight is 247 g/mol. The number of aryl methyl sites for hydroxylation is 2. The zero-order valence-electron chi connectivity index (χ0n) is 11.4. The first-order chi connectivity index (χ1) is 8.58. The number of benzene rings is 1. The highest BCUT2D eigenvalue weighted by Crippen LogP contribution is 2.24. The van der Waals surface area contributed by atoms with Crippen molar-refractivity contribution in [3.63, 3.8) is 0 Å². The number of piperidine rings is 1. The van der Waals surface area contributed by atoms with E-state index in [1.54, 1.807) is 0 Å². The van der Waals surface area contributed by atoms with Crippen LogP contribution in [0.2, 0.25) is 0 Å². The monoisotopic (exact) mass is 247 g/mol. The van der Waals surface area contributed by atoms with Crippen molar-refractivity contribution in [1.82, 2.24) is 4.90 Å². The number of likely N-dealkylation sites (tertiary alicyclic amines) is 1. The van der Waals surface area contributed by atoms with Gasteiger partial charge in [0.05, 0.1) is 0 Å². The molecule has 0 saturated carbocycles. The molecule has 1 aromatic rings. The minimum atomic E-state index is 0.0258. The zero-order chi connectivity index (χ0) is 13.1. The molecule has 1 fully saturated rings. The van der Waals surface area contributed by atoms with Crippen LogP contribution >= 0.6 is 0 Å². The number of rotatable bonds is 3. The minimum Gasteiger partial charge on any atom is -0.475 e. The Morgan fingerprint density at radius 2 is 1.72 bits per heavy atom. The van der Waals surface area contributed by atoms with Crippen LogP contribution in [0.15, 0.2) is 18.2 Å². The molecular weight excluding hydrogens is 226 g/mol. The van der Waals surface area contributed by atoms with Gasteiger partial charge in [0.2, 0.25) is 0 Å². The van der Waals surface area contributed by atoms with E-state index in [-0.39, 0.29) is 6.23 Å². The van der Waals surface area contributed by atoms with E-state index < -0.39 is 0 Å². The Kier molecular flexibility index (Phi) is 4.02. The number of hydrogen-bond acceptors (Lipinski definition) is 3. The fraction of sp³-hybridized carbons (Fsp3) is 0.533. The lowest BCUT2D eigenvalue weighted by atomic mass is 10.1. The molecule has 1 heterocycles. The van der Waals surface area contributed by atoms with Crippen molar-refractivity contribution in [3.8, 4) is 5.75 Å². The summed E-state index contributed by atoms with van der Waals surface area (Å²) in [7, 11) is 0. The lowest BCUT2D eigenvalue weighted by Gasteiger charge is -2.32. The number of hydrogen-bond donors (Lipinski definition) is 0. The lowest BCUT2D eigenvalue weighted by molar-refractivity contribution is -0.123. The standard InChI is InChI=1S/C15H21NO2/c1-11-5-4-6-12(2)15(11)18-13(3)16-9-7-14(17)8-10-16/h4-6,13H,7-10H2,1-3H3. The Balaban J connectivity index is 2.02. The van der Waals surface area contributed by atoms with Crippen LogP contribution in [0.1, 0.15) is 30.9 Å². The fourth-order valence-corrected chi connectivity index (χ4v) is 2.37. The van der Waals surface area contributed by atoms with Crippen molar-refractivity contribution in [1.29, 1.82) is 0 Å². The third kappa shape index (κ3) is 2.91. The molecule has 0 aromatic heterocycles. The predicted molar refractivity (Wildman–Crippen MR) is 71.8 cm³/mol. The lowest BCUT2D eigenvalue weighted by Crippen LogP contribution is -2.43. The largest absolute Gasteiger partial charge is 0.475 e. The summed E-state index contributed by atoms with van der Waals surface area (Å²) in [6.45, 7) is 7.81. The quantitative estimate of drug-likeness (QED) is 0.822. The third-order valence-electron chi connectivity index (χ3n) is 3.57. The SMILES string of the molecule is Cc1cccc(C)c1OC(C)N1CCC(=O)CC1. The molecule has 1 aliphatic rings. The highest BCUT2D eigenvalue weighted by atomic mass is 16.5. The van der Waals surface area contributed by atoms with E-state index in [4.69, 9.17) is 4.74 Å². The van der Waals surface area contributed by atoms with E-state index >= 15 is 0 Å². The number of ether oxygens (including phenoxy) is 1. The van der Waals surface area contributed by atoms with Crippen molar-refractivity contribution in [2.75, 3.05) is 13.1 Å². The van der Waals surface area contributed by atoms with Crippen molar-refractivity contribution in [3.05, 3.63) is 29.3 Å². The molecular formula is C15H21NO2. The molecule has 0 radical (unpaired) electrons. The van der Waals surface area contributed by atoms with Gasteiger partial charge in [-0.15, -0.1) is 0 Å². The number of Topliss-reactive ketones (excluding diaryl/α,β-unsaturated/α-hetero) is 1. The second-order valence-electron chi connectivity index (χ2n) is 5.01. The van der Waals surface area contributed by atoms with Crippen LogP contribution in [-0.4, -0.2) is 30.0 Å². The van der Waals surface area contributed by atoms with Gasteiger partial charge < -0.3 is 4.74 Å². The fourth-order valence-electron chi connectivity index (χ4n) is 2.37. The molecule has 3 heteroatoms. The van der Waals surface area contributed by atoms with Crippen LogP contribution in [0.3, 0.4) is 0 Å². The highest BCUT2D eigenvalue weighted by Gasteiger charge is 2.22. The van der Waals surface area contributed by atoms with Crippen molar-refractivity contribution < 1.29 is 9.53 Å². The Morgan fingerprint density at radius 1 is 1.17 bits per heavy atom. The van der Waals surface area contributed by atoms with E-state index in [1.165, 1.54) is 0 Å². The molecule has 0 aliphatic carbocycles. The summed E-state index contributed by atoms with van der Waals surface area (Å²) in [5, 5.41) is 0. The Hall–Kier alpha value is -1.35. The summed E-state index contributed by atoms with van der Waals surface area (Å²) in [5.74, 6) is 1.34. The van der Waals surface area contributed by atoms with E-state index in [1.807, 2.05) is 6.07 Å². The predicted octanol–water partition coefficient (Wildman–Crippen LogP) is 2.69. The molecule has 18 heavy (non-hydrogen) atoms. The molecule has 1 unspecified atom stereocenters. The van der Waals surface area contributed by atoms with Gasteiger partial charge in [-0.3, -0.25) is 9.69 Å². The number of nitrogens with zero attached hydrogens (tertiary/aromatic N) is 1. The highest BCUT2D eigenvalue weighted by molar-refractivity contribution is 5.79. The number of para-hydroxylation sites is 1. The van der Waals surface area contributed by atoms with Crippen molar-refractivity contribution in [2.24, 2.45) is 0 Å². The minimum absolute atomic E-state index is 0.0258. The smallest absolute Gasteiger partial charge is 0.149 e. The molecule has 2 rings (SSSR count).